The van der Waals surface area contributed by atoms with Gasteiger partial charge in [0.15, 0.2) is 5.13 Å². The Labute approximate surface area is 118 Å². The van der Waals surface area contributed by atoms with Crippen molar-refractivity contribution in [1.82, 2.24) is 4.98 Å². The summed E-state index contributed by atoms with van der Waals surface area (Å²) in [6.07, 6.45) is 0. The van der Waals surface area contributed by atoms with Gasteiger partial charge < -0.3 is 14.7 Å². The Hall–Kier alpha value is -1.14. The molecule has 1 unspecified atom stereocenters. The Morgan fingerprint density at radius 3 is 2.47 bits per heavy atom. The van der Waals surface area contributed by atoms with Gasteiger partial charge >= 0.3 is 5.97 Å². The fourth-order valence-corrected chi connectivity index (χ4v) is 3.18. The van der Waals surface area contributed by atoms with Crippen LogP contribution in [-0.4, -0.2) is 42.4 Å². The summed E-state index contributed by atoms with van der Waals surface area (Å²) in [5, 5.41) is 10.0. The van der Waals surface area contributed by atoms with Crippen LogP contribution in [0.3, 0.4) is 0 Å². The number of likely N-dealkylation sites (N-methyl/N-ethyl adjacent to an activating group) is 1. The van der Waals surface area contributed by atoms with Gasteiger partial charge in [-0.15, -0.1) is 0 Å². The number of aromatic nitrogens is 1. The number of carbonyl (C=O) groups is 1. The first-order chi connectivity index (χ1) is 8.92. The second-order valence-corrected chi connectivity index (χ2v) is 5.74. The molecule has 0 aliphatic heterocycles. The topological polar surface area (TPSA) is 62.7 Å². The third kappa shape index (κ3) is 3.67. The highest BCUT2D eigenvalue weighted by atomic mass is 32.1. The molecule has 0 aliphatic rings. The zero-order valence-corrected chi connectivity index (χ0v) is 13.0. The molecule has 1 heterocycles. The zero-order chi connectivity index (χ0) is 14.6. The molecule has 0 saturated heterocycles. The molecule has 0 amide bonds. The normalized spacial score (nSPS) is 12.7. The van der Waals surface area contributed by atoms with Crippen molar-refractivity contribution < 1.29 is 14.6 Å². The molecule has 6 heteroatoms. The van der Waals surface area contributed by atoms with Crippen LogP contribution in [0, 0.1) is 0 Å². The van der Waals surface area contributed by atoms with Gasteiger partial charge in [0.25, 0.3) is 0 Å². The van der Waals surface area contributed by atoms with Crippen molar-refractivity contribution in [2.24, 2.45) is 0 Å². The summed E-state index contributed by atoms with van der Waals surface area (Å²) in [5.74, 6) is -0.796. The number of rotatable bonds is 7. The molecule has 0 aliphatic carbocycles. The highest BCUT2D eigenvalue weighted by Crippen LogP contribution is 2.31. The van der Waals surface area contributed by atoms with Crippen LogP contribution in [0.4, 0.5) is 5.13 Å². The molecule has 5 nitrogen and oxygen atoms in total. The van der Waals surface area contributed by atoms with Crippen LogP contribution in [-0.2, 0) is 4.74 Å². The number of thiazole rings is 1. The van der Waals surface area contributed by atoms with Crippen molar-refractivity contribution in [2.45, 2.75) is 39.7 Å². The largest absolute Gasteiger partial charge is 0.477 e. The lowest BCUT2D eigenvalue weighted by Gasteiger charge is -2.26. The number of nitrogens with zero attached hydrogens (tertiary/aromatic N) is 2. The minimum absolute atomic E-state index is 0.104. The maximum absolute atomic E-state index is 11.3. The molecule has 1 aromatic heterocycles. The molecule has 0 fully saturated rings. The lowest BCUT2D eigenvalue weighted by atomic mass is 10.1. The van der Waals surface area contributed by atoms with Crippen molar-refractivity contribution in [3.8, 4) is 0 Å². The number of aromatic carboxylic acids is 1. The van der Waals surface area contributed by atoms with Gasteiger partial charge in [-0.3, -0.25) is 0 Å². The van der Waals surface area contributed by atoms with E-state index in [4.69, 9.17) is 4.74 Å². The van der Waals surface area contributed by atoms with E-state index in [1.807, 2.05) is 27.7 Å². The number of carboxylic acid groups (broad SMARTS) is 1. The fraction of sp³-hybridized carbons (Fsp3) is 0.692. The Kier molecular flexibility index (Phi) is 5.75. The van der Waals surface area contributed by atoms with E-state index in [0.717, 1.165) is 11.7 Å². The summed E-state index contributed by atoms with van der Waals surface area (Å²) < 4.78 is 5.16. The standard InChI is InChI=1S/C13H22N2O3S/c1-6-15(9(4)7-18-5)13-14-10(8(2)3)11(19-13)12(16)17/h8-9H,6-7H2,1-5H3,(H,16,17). The summed E-state index contributed by atoms with van der Waals surface area (Å²) in [6, 6.07) is 0.169. The zero-order valence-electron chi connectivity index (χ0n) is 12.1. The van der Waals surface area contributed by atoms with Crippen molar-refractivity contribution in [3.05, 3.63) is 10.6 Å². The Morgan fingerprint density at radius 1 is 1.47 bits per heavy atom. The van der Waals surface area contributed by atoms with Gasteiger partial charge in [0.2, 0.25) is 0 Å². The smallest absolute Gasteiger partial charge is 0.347 e. The fourth-order valence-electron chi connectivity index (χ4n) is 1.95. The van der Waals surface area contributed by atoms with Gasteiger partial charge in [-0.1, -0.05) is 25.2 Å². The molecule has 0 radical (unpaired) electrons. The van der Waals surface area contributed by atoms with Crippen molar-refractivity contribution >= 4 is 22.4 Å². The van der Waals surface area contributed by atoms with Crippen LogP contribution >= 0.6 is 11.3 Å². The van der Waals surface area contributed by atoms with Crippen LogP contribution in [0.5, 0.6) is 0 Å². The summed E-state index contributed by atoms with van der Waals surface area (Å²) in [6.45, 7) is 9.36. The first kappa shape index (κ1) is 15.9. The van der Waals surface area contributed by atoms with E-state index in [-0.39, 0.29) is 12.0 Å². The number of carboxylic acids is 1. The molecule has 1 N–H and O–H groups in total. The van der Waals surface area contributed by atoms with Crippen molar-refractivity contribution in [1.29, 1.82) is 0 Å². The van der Waals surface area contributed by atoms with Gasteiger partial charge in [0, 0.05) is 13.7 Å². The molecule has 0 saturated carbocycles. The van der Waals surface area contributed by atoms with E-state index in [1.165, 1.54) is 11.3 Å². The lowest BCUT2D eigenvalue weighted by molar-refractivity contribution is 0.0700. The summed E-state index contributed by atoms with van der Waals surface area (Å²) >= 11 is 1.24. The molecule has 0 aromatic carbocycles. The molecule has 0 spiro atoms. The molecule has 1 atom stereocenters. The maximum Gasteiger partial charge on any atom is 0.347 e. The molecule has 0 bridgehead atoms. The average Bonchev–Trinajstić information content (AvgIpc) is 2.75. The predicted octanol–water partition coefficient (Wildman–Crippen LogP) is 2.83. The maximum atomic E-state index is 11.3. The second-order valence-electron chi connectivity index (χ2n) is 4.76. The first-order valence-corrected chi connectivity index (χ1v) is 7.23. The summed E-state index contributed by atoms with van der Waals surface area (Å²) in [4.78, 5) is 18.2. The van der Waals surface area contributed by atoms with Gasteiger partial charge in [-0.25, -0.2) is 9.78 Å². The average molecular weight is 286 g/mol. The van der Waals surface area contributed by atoms with E-state index < -0.39 is 5.97 Å². The van der Waals surface area contributed by atoms with Crippen molar-refractivity contribution in [2.75, 3.05) is 25.2 Å². The van der Waals surface area contributed by atoms with Crippen LogP contribution in [0.1, 0.15) is 49.0 Å². The van der Waals surface area contributed by atoms with Crippen LogP contribution < -0.4 is 4.90 Å². The SMILES string of the molecule is CCN(c1nc(C(C)C)c(C(=O)O)s1)C(C)COC. The lowest BCUT2D eigenvalue weighted by Crippen LogP contribution is -2.36. The van der Waals surface area contributed by atoms with Crippen molar-refractivity contribution in [3.63, 3.8) is 0 Å². The van der Waals surface area contributed by atoms with Crippen LogP contribution in [0.25, 0.3) is 0 Å². The molecule has 1 rings (SSSR count). The van der Waals surface area contributed by atoms with Gasteiger partial charge in [0.1, 0.15) is 4.88 Å². The third-order valence-electron chi connectivity index (χ3n) is 2.91. The van der Waals surface area contributed by atoms with Gasteiger partial charge in [0.05, 0.1) is 18.3 Å². The number of methoxy groups -OCH3 is 1. The molecule has 19 heavy (non-hydrogen) atoms. The number of anilines is 1. The van der Waals surface area contributed by atoms with Crippen LogP contribution in [0.2, 0.25) is 0 Å². The highest BCUT2D eigenvalue weighted by Gasteiger charge is 2.24. The molecular formula is C13H22N2O3S. The third-order valence-corrected chi connectivity index (χ3v) is 4.01. The van der Waals surface area contributed by atoms with E-state index in [0.29, 0.717) is 17.2 Å². The summed E-state index contributed by atoms with van der Waals surface area (Å²) in [5.41, 5.74) is 0.663. The Bertz CT molecular complexity index is 432. The first-order valence-electron chi connectivity index (χ1n) is 6.41. The van der Waals surface area contributed by atoms with E-state index >= 15 is 0 Å². The Morgan fingerprint density at radius 2 is 2.11 bits per heavy atom. The minimum atomic E-state index is -0.900. The van der Waals surface area contributed by atoms with E-state index in [1.54, 1.807) is 7.11 Å². The molecular weight excluding hydrogens is 264 g/mol. The summed E-state index contributed by atoms with van der Waals surface area (Å²) in [7, 11) is 1.66. The molecule has 1 aromatic rings. The highest BCUT2D eigenvalue weighted by molar-refractivity contribution is 7.17. The quantitative estimate of drug-likeness (QED) is 0.835. The van der Waals surface area contributed by atoms with E-state index in [2.05, 4.69) is 9.88 Å². The second kappa shape index (κ2) is 6.86. The predicted molar refractivity (Wildman–Crippen MR) is 77.5 cm³/mol. The number of hydrogen-bond acceptors (Lipinski definition) is 5. The number of hydrogen-bond donors (Lipinski definition) is 1. The van der Waals surface area contributed by atoms with Gasteiger partial charge in [-0.05, 0) is 19.8 Å². The van der Waals surface area contributed by atoms with Crippen LogP contribution in [0.15, 0.2) is 0 Å². The van der Waals surface area contributed by atoms with E-state index in [9.17, 15) is 9.90 Å². The number of ether oxygens (including phenoxy) is 1. The van der Waals surface area contributed by atoms with Gasteiger partial charge in [-0.2, -0.15) is 0 Å². The molecule has 108 valence electrons. The minimum Gasteiger partial charge on any atom is -0.477 e. The monoisotopic (exact) mass is 286 g/mol. The Balaban J connectivity index is 3.11.